The Morgan fingerprint density at radius 1 is 1.22 bits per heavy atom. The van der Waals surface area contributed by atoms with Crippen LogP contribution >= 0.6 is 0 Å². The highest BCUT2D eigenvalue weighted by Crippen LogP contribution is 2.17. The van der Waals surface area contributed by atoms with E-state index in [9.17, 15) is 9.59 Å². The molecule has 0 aliphatic carbocycles. The van der Waals surface area contributed by atoms with Gasteiger partial charge in [-0.2, -0.15) is 5.10 Å². The zero-order valence-corrected chi connectivity index (χ0v) is 12.4. The molecule has 1 aromatic carbocycles. The number of amides is 1. The fourth-order valence-electron chi connectivity index (χ4n) is 2.09. The van der Waals surface area contributed by atoms with Crippen LogP contribution in [0.25, 0.3) is 10.9 Å². The molecule has 0 fully saturated rings. The highest BCUT2D eigenvalue weighted by molar-refractivity contribution is 6.04. The Labute approximate surface area is 131 Å². The van der Waals surface area contributed by atoms with Crippen LogP contribution in [0.4, 0.5) is 5.69 Å². The quantitative estimate of drug-likeness (QED) is 0.721. The van der Waals surface area contributed by atoms with Gasteiger partial charge in [-0.25, -0.2) is 9.78 Å². The Hall–Kier alpha value is -3.22. The van der Waals surface area contributed by atoms with Crippen LogP contribution in [0.2, 0.25) is 0 Å². The molecule has 0 aliphatic heterocycles. The van der Waals surface area contributed by atoms with E-state index >= 15 is 0 Å². The lowest BCUT2D eigenvalue weighted by molar-refractivity contribution is 0.0519. The van der Waals surface area contributed by atoms with Crippen molar-refractivity contribution in [1.29, 1.82) is 0 Å². The number of nitrogens with zero attached hydrogens (tertiary/aromatic N) is 2. The number of fused-ring (bicyclic) bond motifs is 1. The van der Waals surface area contributed by atoms with Gasteiger partial charge in [0.1, 0.15) is 11.4 Å². The number of rotatable bonds is 4. The first-order chi connectivity index (χ1) is 11.2. The van der Waals surface area contributed by atoms with Crippen molar-refractivity contribution < 1.29 is 14.3 Å². The Morgan fingerprint density at radius 3 is 2.87 bits per heavy atom. The normalized spacial score (nSPS) is 10.5. The van der Waals surface area contributed by atoms with E-state index < -0.39 is 11.9 Å². The molecule has 3 aromatic rings. The van der Waals surface area contributed by atoms with E-state index in [2.05, 4.69) is 20.5 Å². The van der Waals surface area contributed by atoms with Gasteiger partial charge in [0.2, 0.25) is 0 Å². The van der Waals surface area contributed by atoms with Crippen LogP contribution in [0, 0.1) is 0 Å². The van der Waals surface area contributed by atoms with Crippen LogP contribution in [0.5, 0.6) is 0 Å². The third-order valence-corrected chi connectivity index (χ3v) is 3.17. The van der Waals surface area contributed by atoms with Crippen LogP contribution in [0.3, 0.4) is 0 Å². The van der Waals surface area contributed by atoms with Crippen LogP contribution in [-0.4, -0.2) is 33.7 Å². The summed E-state index contributed by atoms with van der Waals surface area (Å²) in [6.07, 6.45) is 1.70. The predicted molar refractivity (Wildman–Crippen MR) is 84.2 cm³/mol. The summed E-state index contributed by atoms with van der Waals surface area (Å²) in [4.78, 5) is 28.0. The first-order valence-corrected chi connectivity index (χ1v) is 7.06. The molecule has 7 nitrogen and oxygen atoms in total. The summed E-state index contributed by atoms with van der Waals surface area (Å²) >= 11 is 0. The van der Waals surface area contributed by atoms with Gasteiger partial charge in [-0.05, 0) is 37.3 Å². The maximum atomic E-state index is 12.3. The Kier molecular flexibility index (Phi) is 4.01. The number of ether oxygens (including phenoxy) is 1. The topological polar surface area (TPSA) is 97.0 Å². The van der Waals surface area contributed by atoms with E-state index in [0.717, 1.165) is 10.9 Å². The molecule has 2 aromatic heterocycles. The molecule has 0 bridgehead atoms. The molecule has 3 rings (SSSR count). The molecular formula is C16H14N4O3. The zero-order valence-electron chi connectivity index (χ0n) is 12.4. The van der Waals surface area contributed by atoms with Gasteiger partial charge in [0.25, 0.3) is 5.91 Å². The molecule has 116 valence electrons. The van der Waals surface area contributed by atoms with Gasteiger partial charge >= 0.3 is 5.97 Å². The number of pyridine rings is 1. The first kappa shape index (κ1) is 14.7. The summed E-state index contributed by atoms with van der Waals surface area (Å²) in [7, 11) is 0. The summed E-state index contributed by atoms with van der Waals surface area (Å²) in [6, 6.07) is 10.0. The van der Waals surface area contributed by atoms with Gasteiger partial charge in [0.15, 0.2) is 0 Å². The number of anilines is 1. The van der Waals surface area contributed by atoms with E-state index in [1.54, 1.807) is 31.3 Å². The number of benzene rings is 1. The predicted octanol–water partition coefficient (Wildman–Crippen LogP) is 2.39. The van der Waals surface area contributed by atoms with Crippen molar-refractivity contribution in [2.45, 2.75) is 6.92 Å². The lowest BCUT2D eigenvalue weighted by atomic mass is 10.2. The van der Waals surface area contributed by atoms with Crippen molar-refractivity contribution in [3.8, 4) is 0 Å². The number of hydrogen-bond donors (Lipinski definition) is 2. The summed E-state index contributed by atoms with van der Waals surface area (Å²) in [5.74, 6) is -0.962. The molecule has 1 amide bonds. The fourth-order valence-corrected chi connectivity index (χ4v) is 2.09. The van der Waals surface area contributed by atoms with Gasteiger partial charge in [0, 0.05) is 11.1 Å². The summed E-state index contributed by atoms with van der Waals surface area (Å²) in [6.45, 7) is 1.96. The van der Waals surface area contributed by atoms with Gasteiger partial charge < -0.3 is 10.1 Å². The van der Waals surface area contributed by atoms with Crippen molar-refractivity contribution in [1.82, 2.24) is 15.2 Å². The molecule has 7 heteroatoms. The van der Waals surface area contributed by atoms with E-state index in [-0.39, 0.29) is 18.0 Å². The lowest BCUT2D eigenvalue weighted by Crippen LogP contribution is -2.16. The third kappa shape index (κ3) is 3.18. The minimum absolute atomic E-state index is 0.100. The third-order valence-electron chi connectivity index (χ3n) is 3.17. The molecule has 0 radical (unpaired) electrons. The largest absolute Gasteiger partial charge is 0.461 e. The van der Waals surface area contributed by atoms with Crippen molar-refractivity contribution in [3.05, 3.63) is 54.0 Å². The molecule has 0 aliphatic rings. The second-order valence-corrected chi connectivity index (χ2v) is 4.75. The molecule has 2 heterocycles. The minimum Gasteiger partial charge on any atom is -0.461 e. The van der Waals surface area contributed by atoms with Crippen LogP contribution in [-0.2, 0) is 4.74 Å². The molecule has 0 saturated carbocycles. The second kappa shape index (κ2) is 6.27. The molecule has 23 heavy (non-hydrogen) atoms. The molecule has 0 spiro atoms. The standard InChI is InChI=1S/C16H14N4O3/c1-2-23-16(22)13-5-3-4-12(19-13)15(21)18-11-7-6-10-9-17-20-14(10)8-11/h3-9H,2H2,1H3,(H,17,20)(H,18,21). The summed E-state index contributed by atoms with van der Waals surface area (Å²) < 4.78 is 4.88. The molecule has 0 atom stereocenters. The average Bonchev–Trinajstić information content (AvgIpc) is 3.03. The molecule has 0 unspecified atom stereocenters. The SMILES string of the molecule is CCOC(=O)c1cccc(C(=O)Nc2ccc3cn[nH]c3c2)n1. The average molecular weight is 310 g/mol. The lowest BCUT2D eigenvalue weighted by Gasteiger charge is -2.06. The van der Waals surface area contributed by atoms with Gasteiger partial charge in [-0.15, -0.1) is 0 Å². The number of carbonyl (C=O) groups excluding carboxylic acids is 2. The van der Waals surface area contributed by atoms with Gasteiger partial charge in [-0.1, -0.05) is 6.07 Å². The number of aromatic nitrogens is 3. The summed E-state index contributed by atoms with van der Waals surface area (Å²) in [5, 5.41) is 10.4. The minimum atomic E-state index is -0.555. The van der Waals surface area contributed by atoms with Gasteiger partial charge in [-0.3, -0.25) is 9.89 Å². The van der Waals surface area contributed by atoms with Gasteiger partial charge in [0.05, 0.1) is 18.3 Å². The number of esters is 1. The number of H-pyrrole nitrogens is 1. The van der Waals surface area contributed by atoms with Crippen molar-refractivity contribution in [3.63, 3.8) is 0 Å². The maximum Gasteiger partial charge on any atom is 0.356 e. The zero-order chi connectivity index (χ0) is 16.2. The Morgan fingerprint density at radius 2 is 2.04 bits per heavy atom. The van der Waals surface area contributed by atoms with Crippen LogP contribution < -0.4 is 5.32 Å². The highest BCUT2D eigenvalue weighted by Gasteiger charge is 2.13. The van der Waals surface area contributed by atoms with Crippen LogP contribution in [0.15, 0.2) is 42.6 Å². The van der Waals surface area contributed by atoms with E-state index in [0.29, 0.717) is 5.69 Å². The fraction of sp³-hybridized carbons (Fsp3) is 0.125. The van der Waals surface area contributed by atoms with Crippen molar-refractivity contribution in [2.75, 3.05) is 11.9 Å². The molecule has 2 N–H and O–H groups in total. The smallest absolute Gasteiger partial charge is 0.356 e. The van der Waals surface area contributed by atoms with Crippen molar-refractivity contribution in [2.24, 2.45) is 0 Å². The number of hydrogen-bond acceptors (Lipinski definition) is 5. The number of nitrogens with one attached hydrogen (secondary N) is 2. The number of aromatic amines is 1. The maximum absolute atomic E-state index is 12.3. The molecular weight excluding hydrogens is 296 g/mol. The second-order valence-electron chi connectivity index (χ2n) is 4.75. The Balaban J connectivity index is 1.79. The highest BCUT2D eigenvalue weighted by atomic mass is 16.5. The van der Waals surface area contributed by atoms with Crippen LogP contribution in [0.1, 0.15) is 27.9 Å². The monoisotopic (exact) mass is 310 g/mol. The first-order valence-electron chi connectivity index (χ1n) is 7.06. The number of carbonyl (C=O) groups is 2. The Bertz CT molecular complexity index is 872. The van der Waals surface area contributed by atoms with Crippen molar-refractivity contribution >= 4 is 28.5 Å². The molecule has 0 saturated heterocycles. The summed E-state index contributed by atoms with van der Waals surface area (Å²) in [5.41, 5.74) is 1.66. The van der Waals surface area contributed by atoms with E-state index in [4.69, 9.17) is 4.74 Å². The van der Waals surface area contributed by atoms with E-state index in [1.807, 2.05) is 6.07 Å². The van der Waals surface area contributed by atoms with E-state index in [1.165, 1.54) is 12.1 Å².